The lowest BCUT2D eigenvalue weighted by Gasteiger charge is -2.20. The topological polar surface area (TPSA) is 47.3 Å². The van der Waals surface area contributed by atoms with Crippen LogP contribution < -0.4 is 5.32 Å². The molecule has 2 aromatic rings. The molecule has 0 bridgehead atoms. The second kappa shape index (κ2) is 7.20. The van der Waals surface area contributed by atoms with Gasteiger partial charge in [-0.1, -0.05) is 0 Å². The number of ether oxygens (including phenoxy) is 1. The summed E-state index contributed by atoms with van der Waals surface area (Å²) >= 11 is 1.69. The highest BCUT2D eigenvalue weighted by molar-refractivity contribution is 7.09. The lowest BCUT2D eigenvalue weighted by molar-refractivity contribution is 0.108. The molecule has 2 rings (SSSR count). The Morgan fingerprint density at radius 2 is 2.19 bits per heavy atom. The Balaban J connectivity index is 1.76. The van der Waals surface area contributed by atoms with Crippen LogP contribution in [0.5, 0.6) is 0 Å². The van der Waals surface area contributed by atoms with E-state index in [9.17, 15) is 0 Å². The highest BCUT2D eigenvalue weighted by atomic mass is 32.1. The summed E-state index contributed by atoms with van der Waals surface area (Å²) in [5.41, 5.74) is 4.25. The third kappa shape index (κ3) is 5.26. The quantitative estimate of drug-likeness (QED) is 0.792. The van der Waals surface area contributed by atoms with Crippen molar-refractivity contribution in [3.8, 4) is 0 Å². The Morgan fingerprint density at radius 3 is 2.86 bits per heavy atom. The molecule has 0 aliphatic heterocycles. The van der Waals surface area contributed by atoms with E-state index >= 15 is 0 Å². The molecule has 5 heteroatoms. The van der Waals surface area contributed by atoms with Crippen molar-refractivity contribution in [3.05, 3.63) is 39.7 Å². The number of aromatic nitrogens is 1. The molecule has 116 valence electrons. The summed E-state index contributed by atoms with van der Waals surface area (Å²) in [5, 5.41) is 3.46. The maximum Gasteiger partial charge on any atom is 0.133 e. The summed E-state index contributed by atoms with van der Waals surface area (Å²) in [5.74, 6) is 0.910. The van der Waals surface area contributed by atoms with Crippen LogP contribution in [0.25, 0.3) is 0 Å². The number of hydrogen-bond donors (Lipinski definition) is 1. The Labute approximate surface area is 130 Å². The van der Waals surface area contributed by atoms with Gasteiger partial charge in [0.1, 0.15) is 12.4 Å². The molecule has 1 N–H and O–H groups in total. The molecule has 0 aliphatic rings. The first-order chi connectivity index (χ1) is 9.96. The summed E-state index contributed by atoms with van der Waals surface area (Å²) in [4.78, 5) is 5.54. The molecule has 0 saturated carbocycles. The van der Waals surface area contributed by atoms with Crippen LogP contribution in [0.2, 0.25) is 0 Å². The number of nitrogens with zero attached hydrogens (tertiary/aromatic N) is 1. The molecule has 0 fully saturated rings. The van der Waals surface area contributed by atoms with E-state index in [4.69, 9.17) is 9.15 Å². The van der Waals surface area contributed by atoms with E-state index < -0.39 is 0 Å². The van der Waals surface area contributed by atoms with Crippen molar-refractivity contribution in [3.63, 3.8) is 0 Å². The molecule has 4 nitrogen and oxygen atoms in total. The van der Waals surface area contributed by atoms with Crippen LogP contribution in [0.4, 0.5) is 0 Å². The van der Waals surface area contributed by atoms with Gasteiger partial charge in [0.15, 0.2) is 0 Å². The summed E-state index contributed by atoms with van der Waals surface area (Å²) in [6, 6.07) is 2.00. The average molecular weight is 308 g/mol. The summed E-state index contributed by atoms with van der Waals surface area (Å²) in [7, 11) is 0. The maximum atomic E-state index is 5.74. The lowest BCUT2D eigenvalue weighted by Crippen LogP contribution is -2.35. The first kappa shape index (κ1) is 16.2. The Bertz CT molecular complexity index is 555. The highest BCUT2D eigenvalue weighted by Gasteiger charge is 2.12. The fraction of sp³-hybridized carbons (Fsp3) is 0.562. The fourth-order valence-corrected chi connectivity index (χ4v) is 2.67. The minimum absolute atomic E-state index is 0.0963. The van der Waals surface area contributed by atoms with Crippen molar-refractivity contribution in [2.75, 3.05) is 6.61 Å². The molecule has 2 aromatic heterocycles. The Hall–Kier alpha value is -1.17. The SMILES string of the molecule is Cc1ncsc1CCOCc1occc1CNC(C)(C)C. The number of hydrogen-bond acceptors (Lipinski definition) is 5. The molecule has 0 aliphatic carbocycles. The summed E-state index contributed by atoms with van der Waals surface area (Å²) in [6.45, 7) is 10.5. The highest BCUT2D eigenvalue weighted by Crippen LogP contribution is 2.15. The van der Waals surface area contributed by atoms with Gasteiger partial charge in [-0.25, -0.2) is 4.98 Å². The zero-order valence-electron chi connectivity index (χ0n) is 13.2. The number of thiazole rings is 1. The van der Waals surface area contributed by atoms with Gasteiger partial charge >= 0.3 is 0 Å². The van der Waals surface area contributed by atoms with Crippen LogP contribution in [0.3, 0.4) is 0 Å². The Kier molecular flexibility index (Phi) is 5.56. The molecular formula is C16H24N2O2S. The Morgan fingerprint density at radius 1 is 1.38 bits per heavy atom. The van der Waals surface area contributed by atoms with Gasteiger partial charge in [0.25, 0.3) is 0 Å². The number of furan rings is 1. The van der Waals surface area contributed by atoms with Crippen LogP contribution >= 0.6 is 11.3 Å². The third-order valence-electron chi connectivity index (χ3n) is 3.20. The summed E-state index contributed by atoms with van der Waals surface area (Å²) in [6.07, 6.45) is 2.64. The van der Waals surface area contributed by atoms with Gasteiger partial charge in [0, 0.05) is 28.9 Å². The molecule has 21 heavy (non-hydrogen) atoms. The predicted octanol–water partition coefficient (Wildman–Crippen LogP) is 3.69. The van der Waals surface area contributed by atoms with E-state index in [0.717, 1.165) is 24.4 Å². The van der Waals surface area contributed by atoms with Crippen LogP contribution in [0.15, 0.2) is 22.3 Å². The zero-order chi connectivity index (χ0) is 15.3. The van der Waals surface area contributed by atoms with Crippen molar-refractivity contribution in [1.29, 1.82) is 0 Å². The van der Waals surface area contributed by atoms with Gasteiger partial charge in [-0.2, -0.15) is 0 Å². The second-order valence-electron chi connectivity index (χ2n) is 6.14. The van der Waals surface area contributed by atoms with Crippen molar-refractivity contribution in [1.82, 2.24) is 10.3 Å². The van der Waals surface area contributed by atoms with E-state index in [1.165, 1.54) is 10.4 Å². The predicted molar refractivity (Wildman–Crippen MR) is 85.5 cm³/mol. The first-order valence-electron chi connectivity index (χ1n) is 7.23. The number of rotatable bonds is 7. The minimum Gasteiger partial charge on any atom is -0.467 e. The van der Waals surface area contributed by atoms with Crippen LogP contribution in [-0.2, 0) is 24.3 Å². The van der Waals surface area contributed by atoms with Gasteiger partial charge < -0.3 is 14.5 Å². The van der Waals surface area contributed by atoms with E-state index in [2.05, 4.69) is 31.1 Å². The third-order valence-corrected chi connectivity index (χ3v) is 4.19. The van der Waals surface area contributed by atoms with Crippen molar-refractivity contribution < 1.29 is 9.15 Å². The minimum atomic E-state index is 0.0963. The first-order valence-corrected chi connectivity index (χ1v) is 8.10. The van der Waals surface area contributed by atoms with Gasteiger partial charge in [-0.05, 0) is 33.8 Å². The van der Waals surface area contributed by atoms with Crippen molar-refractivity contribution in [2.45, 2.75) is 52.8 Å². The second-order valence-corrected chi connectivity index (χ2v) is 7.08. The number of aryl methyl sites for hydroxylation is 1. The average Bonchev–Trinajstić information content (AvgIpc) is 3.01. The molecule has 0 aromatic carbocycles. The standard InChI is InChI=1S/C16H24N2O2S/c1-12-15(21-11-17-12)6-7-19-10-14-13(5-8-20-14)9-18-16(2,3)4/h5,8,11,18H,6-7,9-10H2,1-4H3. The molecule has 0 saturated heterocycles. The monoisotopic (exact) mass is 308 g/mol. The van der Waals surface area contributed by atoms with Crippen LogP contribution in [0, 0.1) is 6.92 Å². The fourth-order valence-electron chi connectivity index (χ4n) is 1.91. The maximum absolute atomic E-state index is 5.74. The molecular weight excluding hydrogens is 284 g/mol. The van der Waals surface area contributed by atoms with Gasteiger partial charge in [0.05, 0.1) is 24.1 Å². The normalized spacial score (nSPS) is 12.0. The van der Waals surface area contributed by atoms with E-state index in [1.54, 1.807) is 17.6 Å². The van der Waals surface area contributed by atoms with Crippen LogP contribution in [-0.4, -0.2) is 17.1 Å². The largest absolute Gasteiger partial charge is 0.467 e. The zero-order valence-corrected chi connectivity index (χ0v) is 14.0. The molecule has 0 unspecified atom stereocenters. The molecule has 2 heterocycles. The van der Waals surface area contributed by atoms with E-state index in [0.29, 0.717) is 13.2 Å². The molecule has 0 spiro atoms. The summed E-state index contributed by atoms with van der Waals surface area (Å²) < 4.78 is 11.3. The molecule has 0 radical (unpaired) electrons. The lowest BCUT2D eigenvalue weighted by atomic mass is 10.1. The molecule has 0 atom stereocenters. The van der Waals surface area contributed by atoms with Gasteiger partial charge in [0.2, 0.25) is 0 Å². The van der Waals surface area contributed by atoms with Crippen LogP contribution in [0.1, 0.15) is 42.7 Å². The van der Waals surface area contributed by atoms with E-state index in [-0.39, 0.29) is 5.54 Å². The van der Waals surface area contributed by atoms with Gasteiger partial charge in [-0.15, -0.1) is 11.3 Å². The van der Waals surface area contributed by atoms with Crippen molar-refractivity contribution in [2.24, 2.45) is 0 Å². The molecule has 0 amide bonds. The number of nitrogens with one attached hydrogen (secondary N) is 1. The van der Waals surface area contributed by atoms with E-state index in [1.807, 2.05) is 18.5 Å². The smallest absolute Gasteiger partial charge is 0.133 e. The van der Waals surface area contributed by atoms with Crippen molar-refractivity contribution >= 4 is 11.3 Å². The van der Waals surface area contributed by atoms with Gasteiger partial charge in [-0.3, -0.25) is 0 Å².